The van der Waals surface area contributed by atoms with Crippen molar-refractivity contribution in [3.8, 4) is 0 Å². The molecule has 134 valence electrons. The molecule has 1 amide bonds. The van der Waals surface area contributed by atoms with Gasteiger partial charge in [-0.3, -0.25) is 14.4 Å². The molecule has 0 bridgehead atoms. The van der Waals surface area contributed by atoms with Crippen molar-refractivity contribution >= 4 is 5.91 Å². The Morgan fingerprint density at radius 3 is 2.88 bits per heavy atom. The number of furan rings is 1. The Balaban J connectivity index is 1.40. The first-order valence-corrected chi connectivity index (χ1v) is 8.88. The quantitative estimate of drug-likeness (QED) is 0.837. The van der Waals surface area contributed by atoms with E-state index in [9.17, 15) is 4.79 Å². The summed E-state index contributed by atoms with van der Waals surface area (Å²) in [6, 6.07) is 5.90. The van der Waals surface area contributed by atoms with Crippen LogP contribution < -0.4 is 0 Å². The van der Waals surface area contributed by atoms with Crippen LogP contribution in [0.4, 0.5) is 0 Å². The fourth-order valence-corrected chi connectivity index (χ4v) is 3.79. The van der Waals surface area contributed by atoms with Crippen molar-refractivity contribution in [1.82, 2.24) is 19.6 Å². The van der Waals surface area contributed by atoms with Crippen LogP contribution in [0.15, 0.2) is 35.0 Å². The maximum Gasteiger partial charge on any atom is 0.289 e. The zero-order chi connectivity index (χ0) is 17.2. The van der Waals surface area contributed by atoms with E-state index in [0.29, 0.717) is 24.3 Å². The van der Waals surface area contributed by atoms with Crippen molar-refractivity contribution in [2.45, 2.75) is 19.5 Å². The third-order valence-electron chi connectivity index (χ3n) is 5.12. The highest BCUT2D eigenvalue weighted by atomic mass is 16.5. The standard InChI is InChI=1S/C18H24N4O3/c1-14-11-21(13-16(14)20-7-9-24-10-8-20)18(23)17-4-3-15(25-17)12-22-6-2-5-19-22/h2-6,14,16H,7-13H2,1H3/t14-,16-/m0/s1. The summed E-state index contributed by atoms with van der Waals surface area (Å²) >= 11 is 0. The minimum Gasteiger partial charge on any atom is -0.454 e. The molecule has 2 aromatic rings. The Morgan fingerprint density at radius 1 is 1.28 bits per heavy atom. The molecule has 2 aliphatic rings. The lowest BCUT2D eigenvalue weighted by molar-refractivity contribution is 0.0118. The van der Waals surface area contributed by atoms with Crippen LogP contribution in [-0.2, 0) is 11.3 Å². The van der Waals surface area contributed by atoms with Crippen molar-refractivity contribution < 1.29 is 13.9 Å². The van der Waals surface area contributed by atoms with Gasteiger partial charge in [-0.25, -0.2) is 0 Å². The van der Waals surface area contributed by atoms with E-state index in [2.05, 4.69) is 16.9 Å². The average molecular weight is 344 g/mol. The van der Waals surface area contributed by atoms with Gasteiger partial charge in [0, 0.05) is 44.6 Å². The molecule has 2 aromatic heterocycles. The number of carbonyl (C=O) groups excluding carboxylic acids is 1. The predicted octanol–water partition coefficient (Wildman–Crippen LogP) is 1.32. The Bertz CT molecular complexity index is 706. The van der Waals surface area contributed by atoms with E-state index >= 15 is 0 Å². The van der Waals surface area contributed by atoms with E-state index in [1.54, 1.807) is 16.9 Å². The summed E-state index contributed by atoms with van der Waals surface area (Å²) in [5.41, 5.74) is 0. The van der Waals surface area contributed by atoms with E-state index in [4.69, 9.17) is 9.15 Å². The summed E-state index contributed by atoms with van der Waals surface area (Å²) in [6.07, 6.45) is 3.60. The minimum absolute atomic E-state index is 0.0191. The molecule has 2 atom stereocenters. The molecule has 2 aliphatic heterocycles. The molecule has 0 saturated carbocycles. The highest BCUT2D eigenvalue weighted by Crippen LogP contribution is 2.24. The lowest BCUT2D eigenvalue weighted by atomic mass is 10.0. The second kappa shape index (κ2) is 7.01. The van der Waals surface area contributed by atoms with Crippen molar-refractivity contribution in [2.24, 2.45) is 5.92 Å². The first-order valence-electron chi connectivity index (χ1n) is 8.88. The topological polar surface area (TPSA) is 63.7 Å². The Kier molecular flexibility index (Phi) is 4.59. The van der Waals surface area contributed by atoms with Crippen LogP contribution in [0.2, 0.25) is 0 Å². The van der Waals surface area contributed by atoms with Crippen molar-refractivity contribution in [1.29, 1.82) is 0 Å². The molecule has 0 aliphatic carbocycles. The second-order valence-electron chi connectivity index (χ2n) is 6.87. The van der Waals surface area contributed by atoms with Gasteiger partial charge in [0.05, 0.1) is 19.8 Å². The van der Waals surface area contributed by atoms with E-state index in [1.165, 1.54) is 0 Å². The lowest BCUT2D eigenvalue weighted by Gasteiger charge is -2.33. The van der Waals surface area contributed by atoms with Gasteiger partial charge >= 0.3 is 0 Å². The van der Waals surface area contributed by atoms with Crippen LogP contribution >= 0.6 is 0 Å². The molecule has 0 unspecified atom stereocenters. The molecule has 25 heavy (non-hydrogen) atoms. The van der Waals surface area contributed by atoms with Gasteiger partial charge in [-0.15, -0.1) is 0 Å². The van der Waals surface area contributed by atoms with E-state index in [0.717, 1.165) is 45.2 Å². The molecule has 0 aromatic carbocycles. The summed E-state index contributed by atoms with van der Waals surface area (Å²) in [7, 11) is 0. The van der Waals surface area contributed by atoms with E-state index in [1.807, 2.05) is 23.2 Å². The molecule has 4 rings (SSSR count). The number of nitrogens with zero attached hydrogens (tertiary/aromatic N) is 4. The van der Waals surface area contributed by atoms with Crippen LogP contribution in [0.3, 0.4) is 0 Å². The second-order valence-corrected chi connectivity index (χ2v) is 6.87. The minimum atomic E-state index is -0.0191. The van der Waals surface area contributed by atoms with Gasteiger partial charge in [0.25, 0.3) is 5.91 Å². The van der Waals surface area contributed by atoms with Crippen LogP contribution in [0.25, 0.3) is 0 Å². The molecule has 0 radical (unpaired) electrons. The SMILES string of the molecule is C[C@H]1CN(C(=O)c2ccc(Cn3cccn3)o2)C[C@@H]1N1CCOCC1. The monoisotopic (exact) mass is 344 g/mol. The number of hydrogen-bond acceptors (Lipinski definition) is 5. The molecule has 2 fully saturated rings. The van der Waals surface area contributed by atoms with Crippen molar-refractivity contribution in [3.05, 3.63) is 42.1 Å². The van der Waals surface area contributed by atoms with E-state index in [-0.39, 0.29) is 5.91 Å². The number of aromatic nitrogens is 2. The highest BCUT2D eigenvalue weighted by molar-refractivity contribution is 5.91. The smallest absolute Gasteiger partial charge is 0.289 e. The van der Waals surface area contributed by atoms with Crippen molar-refractivity contribution in [2.75, 3.05) is 39.4 Å². The predicted molar refractivity (Wildman–Crippen MR) is 91.3 cm³/mol. The number of likely N-dealkylation sites (tertiary alicyclic amines) is 1. The normalized spacial score (nSPS) is 24.8. The Morgan fingerprint density at radius 2 is 2.12 bits per heavy atom. The third kappa shape index (κ3) is 3.48. The Labute approximate surface area is 147 Å². The molecular formula is C18H24N4O3. The lowest BCUT2D eigenvalue weighted by Crippen LogP contribution is -2.47. The maximum atomic E-state index is 12.8. The molecule has 0 spiro atoms. The summed E-state index contributed by atoms with van der Waals surface area (Å²) in [4.78, 5) is 17.2. The number of rotatable bonds is 4. The number of carbonyl (C=O) groups is 1. The summed E-state index contributed by atoms with van der Waals surface area (Å²) < 4.78 is 13.0. The van der Waals surface area contributed by atoms with Crippen LogP contribution in [0.5, 0.6) is 0 Å². The molecule has 4 heterocycles. The van der Waals surface area contributed by atoms with Gasteiger partial charge in [0.15, 0.2) is 5.76 Å². The first kappa shape index (κ1) is 16.4. The maximum absolute atomic E-state index is 12.8. The summed E-state index contributed by atoms with van der Waals surface area (Å²) in [5.74, 6) is 1.59. The van der Waals surface area contributed by atoms with Crippen LogP contribution in [0, 0.1) is 5.92 Å². The van der Waals surface area contributed by atoms with Gasteiger partial charge in [-0.05, 0) is 24.1 Å². The van der Waals surface area contributed by atoms with Gasteiger partial charge in [-0.1, -0.05) is 6.92 Å². The number of morpholine rings is 1. The first-order chi connectivity index (χ1) is 12.2. The fourth-order valence-electron chi connectivity index (χ4n) is 3.79. The summed E-state index contributed by atoms with van der Waals surface area (Å²) in [6.45, 7) is 7.76. The fraction of sp³-hybridized carbons (Fsp3) is 0.556. The van der Waals surface area contributed by atoms with E-state index < -0.39 is 0 Å². The van der Waals surface area contributed by atoms with Gasteiger partial charge in [-0.2, -0.15) is 5.10 Å². The number of ether oxygens (including phenoxy) is 1. The molecular weight excluding hydrogens is 320 g/mol. The van der Waals surface area contributed by atoms with Crippen LogP contribution in [0.1, 0.15) is 23.2 Å². The zero-order valence-corrected chi connectivity index (χ0v) is 14.5. The van der Waals surface area contributed by atoms with Gasteiger partial charge < -0.3 is 14.1 Å². The largest absolute Gasteiger partial charge is 0.454 e. The van der Waals surface area contributed by atoms with Gasteiger partial charge in [0.2, 0.25) is 0 Å². The van der Waals surface area contributed by atoms with Gasteiger partial charge in [0.1, 0.15) is 5.76 Å². The molecule has 7 nitrogen and oxygen atoms in total. The summed E-state index contributed by atoms with van der Waals surface area (Å²) in [5, 5.41) is 4.16. The Hall–Kier alpha value is -2.12. The van der Waals surface area contributed by atoms with Crippen molar-refractivity contribution in [3.63, 3.8) is 0 Å². The number of hydrogen-bond donors (Lipinski definition) is 0. The molecule has 0 N–H and O–H groups in total. The zero-order valence-electron chi connectivity index (χ0n) is 14.5. The molecule has 7 heteroatoms. The molecule has 2 saturated heterocycles. The highest BCUT2D eigenvalue weighted by Gasteiger charge is 2.37. The average Bonchev–Trinajstić information content (AvgIpc) is 3.37. The van der Waals surface area contributed by atoms with Crippen LogP contribution in [-0.4, -0.2) is 70.9 Å². The number of amides is 1. The third-order valence-corrected chi connectivity index (χ3v) is 5.12.